The molecule has 0 radical (unpaired) electrons. The molecule has 2 heteroatoms. The Bertz CT molecular complexity index is 2980. The van der Waals surface area contributed by atoms with Gasteiger partial charge in [0.25, 0.3) is 0 Å². The third-order valence-corrected chi connectivity index (χ3v) is 11.4. The van der Waals surface area contributed by atoms with E-state index in [4.69, 9.17) is 4.74 Å². The zero-order valence-corrected chi connectivity index (χ0v) is 29.6. The van der Waals surface area contributed by atoms with Gasteiger partial charge in [0.1, 0.15) is 11.9 Å². The van der Waals surface area contributed by atoms with E-state index in [1.165, 1.54) is 70.9 Å². The Kier molecular flexibility index (Phi) is 7.03. The lowest BCUT2D eigenvalue weighted by Crippen LogP contribution is -2.15. The van der Waals surface area contributed by atoms with Gasteiger partial charge in [-0.3, -0.25) is 0 Å². The lowest BCUT2D eigenvalue weighted by atomic mass is 9.92. The lowest BCUT2D eigenvalue weighted by molar-refractivity contribution is 0.269. The number of rotatable bonds is 5. The van der Waals surface area contributed by atoms with Crippen LogP contribution in [0.15, 0.2) is 200 Å². The van der Waals surface area contributed by atoms with E-state index in [1.54, 1.807) is 0 Å². The van der Waals surface area contributed by atoms with Crippen LogP contribution in [0.2, 0.25) is 0 Å². The number of nitrogens with zero attached hydrogens (tertiary/aromatic N) is 1. The van der Waals surface area contributed by atoms with Crippen molar-refractivity contribution in [2.75, 3.05) is 4.90 Å². The van der Waals surface area contributed by atoms with Crippen LogP contribution < -0.4 is 9.64 Å². The first-order chi connectivity index (χ1) is 26.7. The first-order valence-electron chi connectivity index (χ1n) is 18.7. The van der Waals surface area contributed by atoms with Crippen molar-refractivity contribution >= 4 is 60.2 Å². The molecule has 0 saturated carbocycles. The molecule has 2 nitrogen and oxygen atoms in total. The molecule has 2 aliphatic rings. The second kappa shape index (κ2) is 12.4. The van der Waals surface area contributed by atoms with Crippen LogP contribution in [0.4, 0.5) is 17.1 Å². The molecule has 2 atom stereocenters. The molecule has 54 heavy (non-hydrogen) atoms. The molecule has 1 heterocycles. The fourth-order valence-electron chi connectivity index (χ4n) is 8.71. The summed E-state index contributed by atoms with van der Waals surface area (Å²) in [5.74, 6) is 1.19. The number of hydrogen-bond acceptors (Lipinski definition) is 2. The van der Waals surface area contributed by atoms with E-state index in [2.05, 4.69) is 205 Å². The van der Waals surface area contributed by atoms with Crippen molar-refractivity contribution in [3.63, 3.8) is 0 Å². The minimum Gasteiger partial charge on any atom is -0.485 e. The summed E-state index contributed by atoms with van der Waals surface area (Å²) in [6.07, 6.45) is 8.66. The second-order valence-electron chi connectivity index (χ2n) is 14.4. The first kappa shape index (κ1) is 30.7. The molecule has 11 rings (SSSR count). The van der Waals surface area contributed by atoms with Gasteiger partial charge >= 0.3 is 0 Å². The van der Waals surface area contributed by atoms with Crippen molar-refractivity contribution in [1.29, 1.82) is 0 Å². The minimum atomic E-state index is 0.0414. The van der Waals surface area contributed by atoms with E-state index in [-0.39, 0.29) is 12.0 Å². The molecular formula is C52H35NO. The predicted molar refractivity (Wildman–Crippen MR) is 227 cm³/mol. The number of benzene rings is 9. The van der Waals surface area contributed by atoms with Gasteiger partial charge < -0.3 is 9.64 Å². The van der Waals surface area contributed by atoms with Gasteiger partial charge in [-0.1, -0.05) is 152 Å². The van der Waals surface area contributed by atoms with Gasteiger partial charge in [0, 0.05) is 34.6 Å². The Morgan fingerprint density at radius 3 is 1.93 bits per heavy atom. The summed E-state index contributed by atoms with van der Waals surface area (Å²) in [6, 6.07) is 64.4. The first-order valence-corrected chi connectivity index (χ1v) is 18.7. The number of ether oxygens (including phenoxy) is 1. The summed E-state index contributed by atoms with van der Waals surface area (Å²) in [5.41, 5.74) is 9.26. The van der Waals surface area contributed by atoms with Crippen molar-refractivity contribution in [3.8, 4) is 28.0 Å². The monoisotopic (exact) mass is 689 g/mol. The summed E-state index contributed by atoms with van der Waals surface area (Å²) in [7, 11) is 0. The zero-order chi connectivity index (χ0) is 35.6. The molecule has 254 valence electrons. The molecule has 0 fully saturated rings. The van der Waals surface area contributed by atoms with Crippen molar-refractivity contribution in [3.05, 3.63) is 206 Å². The van der Waals surface area contributed by atoms with Crippen LogP contribution in [0.5, 0.6) is 5.75 Å². The standard InChI is InChI=1S/C52H35NO/c1-3-14-44-35(9-1)11-8-17-45(44)40-12-7-13-42(31-40)53(43-29-30-48-47-16-5-6-18-50(47)54-51(48)33-43)41-27-25-34(26-28-41)39-24-21-37-20-23-38-22-19-36-10-2-4-15-46(36)52(38)49(37)32-39/h1-33,47,50H. The number of hydrogen-bond donors (Lipinski definition) is 0. The average Bonchev–Trinajstić information content (AvgIpc) is 3.61. The average molecular weight is 690 g/mol. The largest absolute Gasteiger partial charge is 0.485 e. The van der Waals surface area contributed by atoms with Gasteiger partial charge in [-0.25, -0.2) is 0 Å². The maximum absolute atomic E-state index is 6.52. The van der Waals surface area contributed by atoms with Gasteiger partial charge in [0.05, 0.1) is 0 Å². The van der Waals surface area contributed by atoms with E-state index in [9.17, 15) is 0 Å². The highest BCUT2D eigenvalue weighted by Gasteiger charge is 2.32. The van der Waals surface area contributed by atoms with E-state index in [0.29, 0.717) is 0 Å². The molecule has 2 unspecified atom stereocenters. The maximum Gasteiger partial charge on any atom is 0.128 e. The molecule has 0 bridgehead atoms. The Morgan fingerprint density at radius 1 is 0.407 bits per heavy atom. The van der Waals surface area contributed by atoms with Crippen molar-refractivity contribution < 1.29 is 4.74 Å². The number of allylic oxidation sites excluding steroid dienone is 2. The Labute approximate surface area is 314 Å². The van der Waals surface area contributed by atoms with Gasteiger partial charge in [0.2, 0.25) is 0 Å². The fraction of sp³-hybridized carbons (Fsp3) is 0.0385. The van der Waals surface area contributed by atoms with Crippen molar-refractivity contribution in [2.24, 2.45) is 0 Å². The second-order valence-corrected chi connectivity index (χ2v) is 14.4. The summed E-state index contributed by atoms with van der Waals surface area (Å²) in [5, 5.41) is 10.1. The smallest absolute Gasteiger partial charge is 0.128 e. The minimum absolute atomic E-state index is 0.0414. The number of anilines is 3. The molecule has 9 aromatic rings. The van der Waals surface area contributed by atoms with E-state index in [1.807, 2.05) is 0 Å². The molecular weight excluding hydrogens is 655 g/mol. The van der Waals surface area contributed by atoms with E-state index < -0.39 is 0 Å². The summed E-state index contributed by atoms with van der Waals surface area (Å²) < 4.78 is 6.52. The topological polar surface area (TPSA) is 12.5 Å². The highest BCUT2D eigenvalue weighted by Crippen LogP contribution is 2.46. The van der Waals surface area contributed by atoms with Crippen LogP contribution >= 0.6 is 0 Å². The van der Waals surface area contributed by atoms with Gasteiger partial charge in [-0.15, -0.1) is 0 Å². The van der Waals surface area contributed by atoms with Gasteiger partial charge in [-0.2, -0.15) is 0 Å². The molecule has 0 aromatic heterocycles. The Balaban J connectivity index is 1.03. The normalized spacial score (nSPS) is 15.8. The summed E-state index contributed by atoms with van der Waals surface area (Å²) >= 11 is 0. The van der Waals surface area contributed by atoms with Gasteiger partial charge in [0.15, 0.2) is 0 Å². The molecule has 0 amide bonds. The quantitative estimate of drug-likeness (QED) is 0.167. The van der Waals surface area contributed by atoms with E-state index in [0.717, 1.165) is 22.8 Å². The lowest BCUT2D eigenvalue weighted by Gasteiger charge is -2.27. The molecule has 9 aromatic carbocycles. The SMILES string of the molecule is C1=CC2Oc3cc(N(c4ccc(-c5ccc6ccc7ccc8ccccc8c7c6c5)cc4)c4cccc(-c5cccc6ccccc56)c4)ccc3C2C=C1. The molecule has 0 saturated heterocycles. The van der Waals surface area contributed by atoms with Crippen LogP contribution in [-0.2, 0) is 0 Å². The third kappa shape index (κ3) is 5.03. The molecule has 1 aliphatic carbocycles. The third-order valence-electron chi connectivity index (χ3n) is 11.4. The maximum atomic E-state index is 6.52. The van der Waals surface area contributed by atoms with Crippen LogP contribution in [-0.4, -0.2) is 6.10 Å². The predicted octanol–water partition coefficient (Wildman–Crippen LogP) is 14.1. The highest BCUT2D eigenvalue weighted by molar-refractivity contribution is 6.20. The summed E-state index contributed by atoms with van der Waals surface area (Å²) in [4.78, 5) is 2.36. The van der Waals surface area contributed by atoms with E-state index >= 15 is 0 Å². The van der Waals surface area contributed by atoms with Crippen molar-refractivity contribution in [1.82, 2.24) is 0 Å². The number of fused-ring (bicyclic) bond motifs is 9. The molecule has 0 spiro atoms. The zero-order valence-electron chi connectivity index (χ0n) is 29.6. The molecule has 0 N–H and O–H groups in total. The fourth-order valence-corrected chi connectivity index (χ4v) is 8.71. The van der Waals surface area contributed by atoms with Crippen LogP contribution in [0.1, 0.15) is 11.5 Å². The highest BCUT2D eigenvalue weighted by atomic mass is 16.5. The van der Waals surface area contributed by atoms with Crippen LogP contribution in [0.3, 0.4) is 0 Å². The van der Waals surface area contributed by atoms with Crippen molar-refractivity contribution in [2.45, 2.75) is 12.0 Å². The Morgan fingerprint density at radius 2 is 1.06 bits per heavy atom. The van der Waals surface area contributed by atoms with Crippen LogP contribution in [0.25, 0.3) is 65.3 Å². The van der Waals surface area contributed by atoms with Gasteiger partial charge in [-0.05, 0) is 108 Å². The summed E-state index contributed by atoms with van der Waals surface area (Å²) in [6.45, 7) is 0. The Hall–Kier alpha value is -6.90. The molecule has 1 aliphatic heterocycles. The van der Waals surface area contributed by atoms with Crippen LogP contribution in [0, 0.1) is 0 Å².